The van der Waals surface area contributed by atoms with E-state index in [0.717, 1.165) is 18.0 Å². The van der Waals surface area contributed by atoms with E-state index in [-0.39, 0.29) is 28.8 Å². The fraction of sp³-hybridized carbons (Fsp3) is 0.211. The maximum Gasteiger partial charge on any atom is 0.293 e. The molecule has 150 valence electrons. The van der Waals surface area contributed by atoms with Crippen LogP contribution in [0, 0.1) is 10.1 Å². The molecule has 10 heteroatoms. The van der Waals surface area contributed by atoms with Crippen molar-refractivity contribution >= 4 is 34.7 Å². The topological polar surface area (TPSA) is 112 Å². The molecule has 2 amide bonds. The zero-order valence-electron chi connectivity index (χ0n) is 15.8. The fourth-order valence-electron chi connectivity index (χ4n) is 2.59. The summed E-state index contributed by atoms with van der Waals surface area (Å²) in [5, 5.41) is 10.4. The molecule has 0 N–H and O–H groups in total. The van der Waals surface area contributed by atoms with E-state index in [0.29, 0.717) is 22.0 Å². The second kappa shape index (κ2) is 8.31. The third kappa shape index (κ3) is 4.37. The molecule has 3 rings (SSSR count). The van der Waals surface area contributed by atoms with E-state index in [9.17, 15) is 19.7 Å². The van der Waals surface area contributed by atoms with Gasteiger partial charge >= 0.3 is 0 Å². The predicted molar refractivity (Wildman–Crippen MR) is 107 cm³/mol. The van der Waals surface area contributed by atoms with Crippen LogP contribution in [0.5, 0.6) is 17.4 Å². The first-order valence-corrected chi connectivity index (χ1v) is 9.35. The molecular weight excluding hydrogens is 398 g/mol. The number of nitro groups is 1. The number of methoxy groups -OCH3 is 1. The number of benzene rings is 1. The van der Waals surface area contributed by atoms with Crippen molar-refractivity contribution in [2.75, 3.05) is 7.11 Å². The van der Waals surface area contributed by atoms with Gasteiger partial charge in [0.2, 0.25) is 5.88 Å². The van der Waals surface area contributed by atoms with E-state index in [1.807, 2.05) is 0 Å². The molecular formula is C19H17N3O6S. The van der Waals surface area contributed by atoms with Crippen molar-refractivity contribution in [3.63, 3.8) is 0 Å². The Labute approximate surface area is 170 Å². The van der Waals surface area contributed by atoms with E-state index in [4.69, 9.17) is 9.47 Å². The summed E-state index contributed by atoms with van der Waals surface area (Å²) in [4.78, 5) is 40.0. The summed E-state index contributed by atoms with van der Waals surface area (Å²) in [5.41, 5.74) is 0.509. The fourth-order valence-corrected chi connectivity index (χ4v) is 3.55. The summed E-state index contributed by atoms with van der Waals surface area (Å²) in [6, 6.07) is 7.44. The Bertz CT molecular complexity index is 1000. The first kappa shape index (κ1) is 20.3. The zero-order valence-corrected chi connectivity index (χ0v) is 16.6. The predicted octanol–water partition coefficient (Wildman–Crippen LogP) is 4.24. The van der Waals surface area contributed by atoms with Gasteiger partial charge in [-0.05, 0) is 49.4 Å². The highest BCUT2D eigenvalue weighted by Gasteiger charge is 2.36. The summed E-state index contributed by atoms with van der Waals surface area (Å²) in [6.07, 6.45) is 2.71. The quantitative estimate of drug-likeness (QED) is 0.391. The third-order valence-corrected chi connectivity index (χ3v) is 4.86. The van der Waals surface area contributed by atoms with Gasteiger partial charge in [0.05, 0.1) is 16.9 Å². The SMILES string of the molecule is COc1cc(/C=C2\SC(=O)N(C(C)C)C2=O)ccc1Oc1ccc([N+](=O)[O-])cn1. The number of thioether (sulfide) groups is 1. The summed E-state index contributed by atoms with van der Waals surface area (Å²) in [7, 11) is 1.46. The number of carbonyl (C=O) groups is 2. The maximum absolute atomic E-state index is 12.4. The summed E-state index contributed by atoms with van der Waals surface area (Å²) in [5.74, 6) is 0.562. The average Bonchev–Trinajstić information content (AvgIpc) is 2.96. The van der Waals surface area contributed by atoms with Gasteiger partial charge < -0.3 is 9.47 Å². The van der Waals surface area contributed by atoms with Crippen LogP contribution < -0.4 is 9.47 Å². The standard InChI is InChI=1S/C19H17N3O6S/c1-11(2)21-18(23)16(29-19(21)24)9-12-4-6-14(15(8-12)27-3)28-17-7-5-13(10-20-17)22(25)26/h4-11H,1-3H3/b16-9-. The van der Waals surface area contributed by atoms with E-state index in [1.54, 1.807) is 38.1 Å². The number of nitrogens with zero attached hydrogens (tertiary/aromatic N) is 3. The second-order valence-electron chi connectivity index (χ2n) is 6.27. The van der Waals surface area contributed by atoms with Crippen LogP contribution in [0.4, 0.5) is 10.5 Å². The largest absolute Gasteiger partial charge is 0.493 e. The summed E-state index contributed by atoms with van der Waals surface area (Å²) >= 11 is 0.890. The van der Waals surface area contributed by atoms with Crippen molar-refractivity contribution in [1.29, 1.82) is 0 Å². The molecule has 1 saturated heterocycles. The van der Waals surface area contributed by atoms with Crippen LogP contribution in [-0.2, 0) is 4.79 Å². The van der Waals surface area contributed by atoms with Crippen LogP contribution in [0.2, 0.25) is 0 Å². The molecule has 0 unspecified atom stereocenters. The normalized spacial score (nSPS) is 15.3. The molecule has 0 spiro atoms. The molecule has 1 aliphatic rings. The Balaban J connectivity index is 1.83. The van der Waals surface area contributed by atoms with E-state index in [2.05, 4.69) is 4.98 Å². The Morgan fingerprint density at radius 1 is 1.21 bits per heavy atom. The van der Waals surface area contributed by atoms with Crippen LogP contribution >= 0.6 is 11.8 Å². The number of rotatable bonds is 6. The molecule has 0 radical (unpaired) electrons. The van der Waals surface area contributed by atoms with Crippen LogP contribution in [-0.4, -0.2) is 39.1 Å². The van der Waals surface area contributed by atoms with Crippen LogP contribution in [0.3, 0.4) is 0 Å². The smallest absolute Gasteiger partial charge is 0.293 e. The van der Waals surface area contributed by atoms with Crippen molar-refractivity contribution in [2.24, 2.45) is 0 Å². The highest BCUT2D eigenvalue weighted by Crippen LogP contribution is 2.36. The number of hydrogen-bond donors (Lipinski definition) is 0. The van der Waals surface area contributed by atoms with Crippen LogP contribution in [0.25, 0.3) is 6.08 Å². The first-order valence-electron chi connectivity index (χ1n) is 8.53. The molecule has 1 aliphatic heterocycles. The monoisotopic (exact) mass is 415 g/mol. The van der Waals surface area contributed by atoms with Gasteiger partial charge in [-0.25, -0.2) is 4.98 Å². The second-order valence-corrected chi connectivity index (χ2v) is 7.26. The summed E-state index contributed by atoms with van der Waals surface area (Å²) in [6.45, 7) is 3.56. The molecule has 29 heavy (non-hydrogen) atoms. The lowest BCUT2D eigenvalue weighted by molar-refractivity contribution is -0.385. The van der Waals surface area contributed by atoms with Gasteiger partial charge in [-0.1, -0.05) is 6.07 Å². The lowest BCUT2D eigenvalue weighted by atomic mass is 10.1. The number of hydrogen-bond acceptors (Lipinski definition) is 8. The number of ether oxygens (including phenoxy) is 2. The third-order valence-electron chi connectivity index (χ3n) is 3.97. The van der Waals surface area contributed by atoms with Crippen LogP contribution in [0.1, 0.15) is 19.4 Å². The van der Waals surface area contributed by atoms with Gasteiger partial charge in [0.15, 0.2) is 11.5 Å². The highest BCUT2D eigenvalue weighted by molar-refractivity contribution is 8.18. The molecule has 2 heterocycles. The van der Waals surface area contributed by atoms with Crippen molar-refractivity contribution in [1.82, 2.24) is 9.88 Å². The molecule has 0 aliphatic carbocycles. The van der Waals surface area contributed by atoms with Crippen molar-refractivity contribution in [3.05, 3.63) is 57.1 Å². The van der Waals surface area contributed by atoms with E-state index in [1.165, 1.54) is 24.1 Å². The minimum absolute atomic E-state index is 0.144. The lowest BCUT2D eigenvalue weighted by Crippen LogP contribution is -2.34. The van der Waals surface area contributed by atoms with Crippen molar-refractivity contribution in [2.45, 2.75) is 19.9 Å². The van der Waals surface area contributed by atoms with Crippen molar-refractivity contribution < 1.29 is 24.0 Å². The lowest BCUT2D eigenvalue weighted by Gasteiger charge is -2.16. The van der Waals surface area contributed by atoms with Gasteiger partial charge in [0, 0.05) is 18.2 Å². The Hall–Kier alpha value is -3.40. The van der Waals surface area contributed by atoms with Gasteiger partial charge in [-0.3, -0.25) is 24.6 Å². The molecule has 1 fully saturated rings. The first-order chi connectivity index (χ1) is 13.8. The Morgan fingerprint density at radius 2 is 1.97 bits per heavy atom. The highest BCUT2D eigenvalue weighted by atomic mass is 32.2. The molecule has 1 aromatic heterocycles. The number of pyridine rings is 1. The number of imide groups is 1. The average molecular weight is 415 g/mol. The van der Waals surface area contributed by atoms with Crippen molar-refractivity contribution in [3.8, 4) is 17.4 Å². The molecule has 0 atom stereocenters. The molecule has 0 saturated carbocycles. The maximum atomic E-state index is 12.4. The number of aromatic nitrogens is 1. The Kier molecular flexibility index (Phi) is 5.83. The molecule has 0 bridgehead atoms. The molecule has 2 aromatic rings. The summed E-state index contributed by atoms with van der Waals surface area (Å²) < 4.78 is 11.0. The van der Waals surface area contributed by atoms with Gasteiger partial charge in [-0.2, -0.15) is 0 Å². The van der Waals surface area contributed by atoms with Crippen LogP contribution in [0.15, 0.2) is 41.4 Å². The zero-order chi connectivity index (χ0) is 21.1. The minimum atomic E-state index is -0.548. The van der Waals surface area contributed by atoms with E-state index < -0.39 is 4.92 Å². The number of amides is 2. The Morgan fingerprint density at radius 3 is 2.52 bits per heavy atom. The van der Waals surface area contributed by atoms with Gasteiger partial charge in [-0.15, -0.1) is 0 Å². The van der Waals surface area contributed by atoms with E-state index >= 15 is 0 Å². The van der Waals surface area contributed by atoms with Gasteiger partial charge in [0.1, 0.15) is 6.20 Å². The molecule has 1 aromatic carbocycles. The minimum Gasteiger partial charge on any atom is -0.493 e. The molecule has 9 nitrogen and oxygen atoms in total. The number of carbonyl (C=O) groups excluding carboxylic acids is 2. The van der Waals surface area contributed by atoms with Gasteiger partial charge in [0.25, 0.3) is 16.8 Å².